The SMILES string of the molecule is Cc1nc(NCCOC(N)=O)c(Br)nc1Sc1ccnc(Cl)c1Cl. The molecule has 0 aromatic carbocycles. The Morgan fingerprint density at radius 3 is 2.92 bits per heavy atom. The molecule has 0 atom stereocenters. The van der Waals surface area contributed by atoms with Crippen LogP contribution < -0.4 is 11.1 Å². The second kappa shape index (κ2) is 8.70. The minimum absolute atomic E-state index is 0.129. The molecular formula is C13H12BrCl2N5O2S. The summed E-state index contributed by atoms with van der Waals surface area (Å²) in [5, 5.41) is 4.28. The van der Waals surface area contributed by atoms with Gasteiger partial charge >= 0.3 is 6.09 Å². The molecule has 2 rings (SSSR count). The van der Waals surface area contributed by atoms with Crippen LogP contribution in [0, 0.1) is 6.92 Å². The lowest BCUT2D eigenvalue weighted by atomic mass is 10.5. The number of aromatic nitrogens is 3. The van der Waals surface area contributed by atoms with Crippen LogP contribution in [0.4, 0.5) is 10.6 Å². The smallest absolute Gasteiger partial charge is 0.404 e. The first-order chi connectivity index (χ1) is 11.4. The lowest BCUT2D eigenvalue weighted by Gasteiger charge is -2.11. The Morgan fingerprint density at radius 1 is 1.46 bits per heavy atom. The maximum absolute atomic E-state index is 10.5. The zero-order chi connectivity index (χ0) is 17.7. The number of hydrogen-bond acceptors (Lipinski definition) is 7. The van der Waals surface area contributed by atoms with Crippen LogP contribution in [-0.4, -0.2) is 34.2 Å². The van der Waals surface area contributed by atoms with E-state index in [-0.39, 0.29) is 11.8 Å². The van der Waals surface area contributed by atoms with E-state index >= 15 is 0 Å². The molecule has 0 aliphatic rings. The number of halogens is 3. The van der Waals surface area contributed by atoms with E-state index in [4.69, 9.17) is 28.9 Å². The monoisotopic (exact) mass is 451 g/mol. The Morgan fingerprint density at radius 2 is 2.21 bits per heavy atom. The molecule has 0 saturated carbocycles. The molecule has 0 fully saturated rings. The Hall–Kier alpha value is -1.29. The predicted molar refractivity (Wildman–Crippen MR) is 96.9 cm³/mol. The number of primary amides is 1. The van der Waals surface area contributed by atoms with Crippen LogP contribution in [-0.2, 0) is 4.74 Å². The molecule has 0 aliphatic carbocycles. The summed E-state index contributed by atoms with van der Waals surface area (Å²) in [6, 6.07) is 1.75. The number of nitrogens with zero attached hydrogens (tertiary/aromatic N) is 3. The fourth-order valence-electron chi connectivity index (χ4n) is 1.60. The van der Waals surface area contributed by atoms with E-state index in [9.17, 15) is 4.79 Å². The number of hydrogen-bond donors (Lipinski definition) is 2. The zero-order valence-electron chi connectivity index (χ0n) is 12.3. The molecule has 11 heteroatoms. The molecule has 2 heterocycles. The summed E-state index contributed by atoms with van der Waals surface area (Å²) in [5.74, 6) is 0.531. The highest BCUT2D eigenvalue weighted by atomic mass is 79.9. The number of carbonyl (C=O) groups excluding carboxylic acids is 1. The highest BCUT2D eigenvalue weighted by Crippen LogP contribution is 2.37. The number of pyridine rings is 1. The third kappa shape index (κ3) is 5.10. The molecule has 7 nitrogen and oxygen atoms in total. The van der Waals surface area contributed by atoms with Crippen LogP contribution in [0.3, 0.4) is 0 Å². The Bertz CT molecular complexity index is 765. The van der Waals surface area contributed by atoms with Crippen molar-refractivity contribution in [3.8, 4) is 0 Å². The fourth-order valence-corrected chi connectivity index (χ4v) is 3.42. The molecular weight excluding hydrogens is 441 g/mol. The van der Waals surface area contributed by atoms with E-state index in [0.29, 0.717) is 32.7 Å². The Kier molecular flexibility index (Phi) is 6.90. The first-order valence-electron chi connectivity index (χ1n) is 6.56. The van der Waals surface area contributed by atoms with Gasteiger partial charge in [-0.25, -0.2) is 19.7 Å². The number of anilines is 1. The van der Waals surface area contributed by atoms with Crippen LogP contribution in [0.5, 0.6) is 0 Å². The van der Waals surface area contributed by atoms with Gasteiger partial charge in [0.05, 0.1) is 17.3 Å². The van der Waals surface area contributed by atoms with E-state index in [2.05, 4.69) is 40.9 Å². The van der Waals surface area contributed by atoms with E-state index in [0.717, 1.165) is 4.90 Å². The Labute approximate surface area is 160 Å². The third-order valence-corrected chi connectivity index (χ3v) is 5.21. The van der Waals surface area contributed by atoms with Crippen molar-refractivity contribution in [1.82, 2.24) is 15.0 Å². The second-order valence-electron chi connectivity index (χ2n) is 4.36. The average Bonchev–Trinajstić information content (AvgIpc) is 2.52. The maximum atomic E-state index is 10.5. The van der Waals surface area contributed by atoms with Crippen LogP contribution in [0.25, 0.3) is 0 Å². The summed E-state index contributed by atoms with van der Waals surface area (Å²) in [4.78, 5) is 24.0. The quantitative estimate of drug-likeness (QED) is 0.505. The van der Waals surface area contributed by atoms with Gasteiger partial charge in [-0.3, -0.25) is 0 Å². The number of aryl methyl sites for hydroxylation is 1. The number of ether oxygens (including phenoxy) is 1. The van der Waals surface area contributed by atoms with E-state index in [1.54, 1.807) is 12.3 Å². The van der Waals surface area contributed by atoms with Gasteiger partial charge in [0.1, 0.15) is 21.4 Å². The van der Waals surface area contributed by atoms with Crippen molar-refractivity contribution in [2.24, 2.45) is 5.73 Å². The molecule has 0 unspecified atom stereocenters. The lowest BCUT2D eigenvalue weighted by Crippen LogP contribution is -2.19. The third-order valence-electron chi connectivity index (χ3n) is 2.64. The first kappa shape index (κ1) is 19.0. The molecule has 24 heavy (non-hydrogen) atoms. The first-order valence-corrected chi connectivity index (χ1v) is 8.93. The van der Waals surface area contributed by atoms with Gasteiger partial charge in [-0.2, -0.15) is 0 Å². The predicted octanol–water partition coefficient (Wildman–Crippen LogP) is 3.91. The van der Waals surface area contributed by atoms with Crippen molar-refractivity contribution in [3.05, 3.63) is 32.7 Å². The van der Waals surface area contributed by atoms with Gasteiger partial charge in [0.25, 0.3) is 0 Å². The molecule has 0 aliphatic heterocycles. The van der Waals surface area contributed by atoms with E-state index in [1.165, 1.54) is 11.8 Å². The van der Waals surface area contributed by atoms with Crippen LogP contribution >= 0.6 is 50.9 Å². The molecule has 0 radical (unpaired) electrons. The van der Waals surface area contributed by atoms with Crippen molar-refractivity contribution in [1.29, 1.82) is 0 Å². The highest BCUT2D eigenvalue weighted by Gasteiger charge is 2.13. The maximum Gasteiger partial charge on any atom is 0.404 e. The summed E-state index contributed by atoms with van der Waals surface area (Å²) in [6.07, 6.45) is 0.751. The van der Waals surface area contributed by atoms with Gasteiger partial charge < -0.3 is 15.8 Å². The largest absolute Gasteiger partial charge is 0.448 e. The van der Waals surface area contributed by atoms with Crippen LogP contribution in [0.1, 0.15) is 5.69 Å². The standard InChI is InChI=1S/C13H12BrCl2N5O2S/c1-6-12(24-7-2-3-18-10(16)8(7)15)21-9(14)11(20-6)19-4-5-23-13(17)22/h2-3H,4-5H2,1H3,(H2,17,22)(H,19,20). The van der Waals surface area contributed by atoms with Crippen molar-refractivity contribution < 1.29 is 9.53 Å². The highest BCUT2D eigenvalue weighted by molar-refractivity contribution is 9.10. The summed E-state index contributed by atoms with van der Waals surface area (Å²) in [7, 11) is 0. The van der Waals surface area contributed by atoms with Crippen molar-refractivity contribution >= 4 is 62.8 Å². The summed E-state index contributed by atoms with van der Waals surface area (Å²) in [6.45, 7) is 2.31. The summed E-state index contributed by atoms with van der Waals surface area (Å²) < 4.78 is 5.16. The van der Waals surface area contributed by atoms with Crippen molar-refractivity contribution in [2.75, 3.05) is 18.5 Å². The molecule has 2 aromatic heterocycles. The van der Waals surface area contributed by atoms with Crippen molar-refractivity contribution in [3.63, 3.8) is 0 Å². The normalized spacial score (nSPS) is 10.5. The number of carbonyl (C=O) groups is 1. The van der Waals surface area contributed by atoms with Gasteiger partial charge in [0.15, 0.2) is 5.82 Å². The minimum atomic E-state index is -0.822. The fraction of sp³-hybridized carbons (Fsp3) is 0.231. The van der Waals surface area contributed by atoms with Gasteiger partial charge in [0, 0.05) is 11.1 Å². The molecule has 0 bridgehead atoms. The minimum Gasteiger partial charge on any atom is -0.448 e. The van der Waals surface area contributed by atoms with Gasteiger partial charge in [-0.15, -0.1) is 0 Å². The molecule has 128 valence electrons. The number of amides is 1. The van der Waals surface area contributed by atoms with Crippen LogP contribution in [0.15, 0.2) is 26.8 Å². The topological polar surface area (TPSA) is 103 Å². The molecule has 0 saturated heterocycles. The summed E-state index contributed by atoms with van der Waals surface area (Å²) in [5.41, 5.74) is 5.59. The van der Waals surface area contributed by atoms with Gasteiger partial charge in [0.2, 0.25) is 0 Å². The van der Waals surface area contributed by atoms with Gasteiger partial charge in [-0.1, -0.05) is 35.0 Å². The number of rotatable bonds is 6. The average molecular weight is 453 g/mol. The van der Waals surface area contributed by atoms with E-state index in [1.807, 2.05) is 6.92 Å². The van der Waals surface area contributed by atoms with Crippen LogP contribution in [0.2, 0.25) is 10.2 Å². The molecule has 2 aromatic rings. The van der Waals surface area contributed by atoms with E-state index < -0.39 is 6.09 Å². The molecule has 0 spiro atoms. The number of nitrogens with two attached hydrogens (primary N) is 1. The second-order valence-corrected chi connectivity index (χ2v) is 6.88. The van der Waals surface area contributed by atoms with Crippen molar-refractivity contribution in [2.45, 2.75) is 16.8 Å². The zero-order valence-corrected chi connectivity index (χ0v) is 16.3. The lowest BCUT2D eigenvalue weighted by molar-refractivity contribution is 0.161. The molecule has 3 N–H and O–H groups in total. The summed E-state index contributed by atoms with van der Waals surface area (Å²) >= 11 is 16.7. The Balaban J connectivity index is 2.11. The molecule has 1 amide bonds. The number of nitrogens with one attached hydrogen (secondary N) is 1. The van der Waals surface area contributed by atoms with Gasteiger partial charge in [-0.05, 0) is 28.9 Å².